The number of aromatic nitrogens is 1. The molecule has 0 spiro atoms. The minimum atomic E-state index is -0.246. The highest BCUT2D eigenvalue weighted by molar-refractivity contribution is 5.77. The standard InChI is InChI=1S/C18H24FN5/c1-24(2)17(14-6-5-7-15(19)12-14)13-23-18(20)22-11-9-16-8-3-4-10-21-16/h3-8,10,12,17H,9,11,13H2,1-2H3,(H3,20,22,23). The average molecular weight is 329 g/mol. The predicted octanol–water partition coefficient (Wildman–Crippen LogP) is 1.97. The summed E-state index contributed by atoms with van der Waals surface area (Å²) in [5, 5.41) is 3.08. The first kappa shape index (κ1) is 17.9. The molecule has 1 aromatic carbocycles. The molecule has 2 rings (SSSR count). The molecule has 5 nitrogen and oxygen atoms in total. The first-order valence-corrected chi connectivity index (χ1v) is 7.92. The Bertz CT molecular complexity index is 657. The van der Waals surface area contributed by atoms with Gasteiger partial charge in [0.15, 0.2) is 5.96 Å². The number of nitrogens with one attached hydrogen (secondary N) is 1. The summed E-state index contributed by atoms with van der Waals surface area (Å²) in [5.41, 5.74) is 7.80. The Morgan fingerprint density at radius 3 is 2.79 bits per heavy atom. The third-order valence-corrected chi connectivity index (χ3v) is 3.70. The lowest BCUT2D eigenvalue weighted by Gasteiger charge is -2.23. The van der Waals surface area contributed by atoms with Crippen LogP contribution in [0.5, 0.6) is 0 Å². The van der Waals surface area contributed by atoms with Crippen molar-refractivity contribution < 1.29 is 4.39 Å². The molecule has 0 aliphatic rings. The Hall–Kier alpha value is -2.47. The molecule has 24 heavy (non-hydrogen) atoms. The lowest BCUT2D eigenvalue weighted by atomic mass is 10.1. The first-order valence-electron chi connectivity index (χ1n) is 7.92. The monoisotopic (exact) mass is 329 g/mol. The van der Waals surface area contributed by atoms with Gasteiger partial charge in [-0.15, -0.1) is 0 Å². The fourth-order valence-corrected chi connectivity index (χ4v) is 2.39. The lowest BCUT2D eigenvalue weighted by molar-refractivity contribution is 0.305. The molecule has 1 atom stereocenters. The van der Waals surface area contributed by atoms with E-state index in [0.29, 0.717) is 19.0 Å². The van der Waals surface area contributed by atoms with Crippen molar-refractivity contribution in [3.8, 4) is 0 Å². The number of guanidine groups is 1. The zero-order chi connectivity index (χ0) is 17.4. The predicted molar refractivity (Wildman–Crippen MR) is 95.3 cm³/mol. The van der Waals surface area contributed by atoms with Gasteiger partial charge in [0.05, 0.1) is 12.6 Å². The van der Waals surface area contributed by atoms with Crippen LogP contribution in [-0.4, -0.2) is 43.0 Å². The molecule has 1 aromatic heterocycles. The summed E-state index contributed by atoms with van der Waals surface area (Å²) in [6, 6.07) is 12.4. The van der Waals surface area contributed by atoms with Gasteiger partial charge in [0.25, 0.3) is 0 Å². The van der Waals surface area contributed by atoms with Crippen LogP contribution in [0.4, 0.5) is 4.39 Å². The van der Waals surface area contributed by atoms with Crippen molar-refractivity contribution in [1.29, 1.82) is 0 Å². The number of pyridine rings is 1. The van der Waals surface area contributed by atoms with Crippen LogP contribution in [-0.2, 0) is 6.42 Å². The molecule has 6 heteroatoms. The van der Waals surface area contributed by atoms with Crippen molar-refractivity contribution in [2.45, 2.75) is 12.5 Å². The average Bonchev–Trinajstić information content (AvgIpc) is 2.56. The van der Waals surface area contributed by atoms with Gasteiger partial charge in [-0.3, -0.25) is 9.98 Å². The molecule has 3 N–H and O–H groups in total. The molecule has 2 aromatic rings. The summed E-state index contributed by atoms with van der Waals surface area (Å²) in [7, 11) is 3.88. The van der Waals surface area contributed by atoms with Gasteiger partial charge in [0.2, 0.25) is 0 Å². The van der Waals surface area contributed by atoms with Gasteiger partial charge < -0.3 is 16.0 Å². The maximum absolute atomic E-state index is 13.4. The Balaban J connectivity index is 1.89. The zero-order valence-corrected chi connectivity index (χ0v) is 14.1. The highest BCUT2D eigenvalue weighted by Crippen LogP contribution is 2.19. The summed E-state index contributed by atoms with van der Waals surface area (Å²) < 4.78 is 13.4. The van der Waals surface area contributed by atoms with Gasteiger partial charge in [-0.05, 0) is 43.9 Å². The van der Waals surface area contributed by atoms with Gasteiger partial charge >= 0.3 is 0 Å². The molecule has 0 amide bonds. The topological polar surface area (TPSA) is 66.5 Å². The molecule has 1 heterocycles. The largest absolute Gasteiger partial charge is 0.370 e. The molecule has 1 unspecified atom stereocenters. The van der Waals surface area contributed by atoms with E-state index in [1.165, 1.54) is 12.1 Å². The number of hydrogen-bond acceptors (Lipinski definition) is 3. The second kappa shape index (κ2) is 8.98. The van der Waals surface area contributed by atoms with E-state index < -0.39 is 0 Å². The lowest BCUT2D eigenvalue weighted by Crippen LogP contribution is -2.34. The van der Waals surface area contributed by atoms with Crippen molar-refractivity contribution >= 4 is 5.96 Å². The number of hydrogen-bond donors (Lipinski definition) is 2. The number of rotatable bonds is 7. The maximum Gasteiger partial charge on any atom is 0.188 e. The summed E-state index contributed by atoms with van der Waals surface area (Å²) >= 11 is 0. The van der Waals surface area contributed by atoms with Crippen LogP contribution in [0.15, 0.2) is 53.7 Å². The third-order valence-electron chi connectivity index (χ3n) is 3.70. The van der Waals surface area contributed by atoms with Gasteiger partial charge in [-0.2, -0.15) is 0 Å². The smallest absolute Gasteiger partial charge is 0.188 e. The molecule has 0 bridgehead atoms. The highest BCUT2D eigenvalue weighted by atomic mass is 19.1. The molecular formula is C18H24FN5. The van der Waals surface area contributed by atoms with Crippen LogP contribution in [0.1, 0.15) is 17.3 Å². The van der Waals surface area contributed by atoms with E-state index in [2.05, 4.69) is 15.3 Å². The normalized spacial score (nSPS) is 13.1. The third kappa shape index (κ3) is 5.62. The van der Waals surface area contributed by atoms with E-state index in [1.807, 2.05) is 43.3 Å². The summed E-state index contributed by atoms with van der Waals surface area (Å²) in [5.74, 6) is 0.138. The zero-order valence-electron chi connectivity index (χ0n) is 14.1. The van der Waals surface area contributed by atoms with Gasteiger partial charge in [0.1, 0.15) is 5.82 Å². The number of nitrogens with two attached hydrogens (primary N) is 1. The molecule has 0 radical (unpaired) electrons. The number of likely N-dealkylation sites (N-methyl/N-ethyl adjacent to an activating group) is 1. The number of benzene rings is 1. The Morgan fingerprint density at radius 2 is 2.12 bits per heavy atom. The quantitative estimate of drug-likeness (QED) is 0.602. The van der Waals surface area contributed by atoms with Crippen LogP contribution in [0.2, 0.25) is 0 Å². The van der Waals surface area contributed by atoms with E-state index in [9.17, 15) is 4.39 Å². The van der Waals surface area contributed by atoms with E-state index in [4.69, 9.17) is 5.73 Å². The minimum absolute atomic E-state index is 0.0307. The van der Waals surface area contributed by atoms with Crippen LogP contribution < -0.4 is 11.1 Å². The molecular weight excluding hydrogens is 305 g/mol. The maximum atomic E-state index is 13.4. The van der Waals surface area contributed by atoms with Crippen molar-refractivity contribution in [1.82, 2.24) is 15.2 Å². The van der Waals surface area contributed by atoms with Crippen molar-refractivity contribution in [3.63, 3.8) is 0 Å². The molecule has 0 fully saturated rings. The Kier molecular flexibility index (Phi) is 6.69. The second-order valence-electron chi connectivity index (χ2n) is 5.76. The van der Waals surface area contributed by atoms with Gasteiger partial charge in [-0.1, -0.05) is 18.2 Å². The van der Waals surface area contributed by atoms with Gasteiger partial charge in [0, 0.05) is 24.9 Å². The summed E-state index contributed by atoms with van der Waals surface area (Å²) in [6.45, 7) is 1.12. The van der Waals surface area contributed by atoms with E-state index in [-0.39, 0.29) is 11.9 Å². The molecule has 0 aliphatic heterocycles. The number of nitrogens with zero attached hydrogens (tertiary/aromatic N) is 3. The van der Waals surface area contributed by atoms with E-state index in [1.54, 1.807) is 12.3 Å². The fraction of sp³-hybridized carbons (Fsp3) is 0.333. The first-order chi connectivity index (χ1) is 11.6. The van der Waals surface area contributed by atoms with Crippen LogP contribution in [0.3, 0.4) is 0 Å². The van der Waals surface area contributed by atoms with Crippen molar-refractivity contribution in [2.75, 3.05) is 27.2 Å². The van der Waals surface area contributed by atoms with Crippen molar-refractivity contribution in [3.05, 3.63) is 65.7 Å². The van der Waals surface area contributed by atoms with Crippen LogP contribution in [0, 0.1) is 5.82 Å². The summed E-state index contributed by atoms with van der Waals surface area (Å²) in [4.78, 5) is 10.6. The van der Waals surface area contributed by atoms with Crippen LogP contribution in [0.25, 0.3) is 0 Å². The highest BCUT2D eigenvalue weighted by Gasteiger charge is 2.14. The number of halogens is 1. The Morgan fingerprint density at radius 1 is 1.29 bits per heavy atom. The number of aliphatic imine (C=N–C) groups is 1. The molecule has 0 saturated carbocycles. The minimum Gasteiger partial charge on any atom is -0.370 e. The van der Waals surface area contributed by atoms with Crippen molar-refractivity contribution in [2.24, 2.45) is 10.7 Å². The summed E-state index contributed by atoms with van der Waals surface area (Å²) in [6.07, 6.45) is 2.55. The fourth-order valence-electron chi connectivity index (χ4n) is 2.39. The van der Waals surface area contributed by atoms with E-state index >= 15 is 0 Å². The van der Waals surface area contributed by atoms with E-state index in [0.717, 1.165) is 17.7 Å². The van der Waals surface area contributed by atoms with Gasteiger partial charge in [-0.25, -0.2) is 4.39 Å². The molecule has 0 saturated heterocycles. The Labute approximate surface area is 142 Å². The SMILES string of the molecule is CN(C)C(CN=C(N)NCCc1ccccn1)c1cccc(F)c1. The van der Waals surface area contributed by atoms with Crippen LogP contribution >= 0.6 is 0 Å². The second-order valence-corrected chi connectivity index (χ2v) is 5.76. The molecule has 0 aliphatic carbocycles. The molecule has 128 valence electrons.